The Bertz CT molecular complexity index is 612. The van der Waals surface area contributed by atoms with Crippen LogP contribution in [-0.2, 0) is 0 Å². The number of hydrogen-bond donors (Lipinski definition) is 1. The standard InChI is InChI=1S/C17H23N3O/c1-3-12-5-7-13(8-6-12)16-19-17(21-20-16)14-10-11(2)4-9-15(14)18/h4,9-10,12-13H,3,5-8,18H2,1-2H3. The fourth-order valence-corrected chi connectivity index (χ4v) is 3.19. The minimum Gasteiger partial charge on any atom is -0.398 e. The van der Waals surface area contributed by atoms with Crippen LogP contribution in [0.4, 0.5) is 5.69 Å². The van der Waals surface area contributed by atoms with Crippen LogP contribution in [0, 0.1) is 12.8 Å². The molecule has 1 aromatic heterocycles. The molecule has 0 saturated heterocycles. The monoisotopic (exact) mass is 285 g/mol. The average molecular weight is 285 g/mol. The van der Waals surface area contributed by atoms with Gasteiger partial charge in [0, 0.05) is 11.6 Å². The van der Waals surface area contributed by atoms with Gasteiger partial charge in [-0.3, -0.25) is 0 Å². The average Bonchev–Trinajstić information content (AvgIpc) is 2.99. The van der Waals surface area contributed by atoms with E-state index < -0.39 is 0 Å². The van der Waals surface area contributed by atoms with Crippen molar-refractivity contribution in [2.75, 3.05) is 5.73 Å². The van der Waals surface area contributed by atoms with Crippen LogP contribution in [0.2, 0.25) is 0 Å². The van der Waals surface area contributed by atoms with Gasteiger partial charge in [0.15, 0.2) is 5.82 Å². The largest absolute Gasteiger partial charge is 0.398 e. The number of aromatic nitrogens is 2. The molecule has 1 aliphatic rings. The zero-order valence-corrected chi connectivity index (χ0v) is 12.8. The summed E-state index contributed by atoms with van der Waals surface area (Å²) in [5.41, 5.74) is 8.69. The summed E-state index contributed by atoms with van der Waals surface area (Å²) in [6, 6.07) is 5.88. The van der Waals surface area contributed by atoms with Crippen molar-refractivity contribution in [3.63, 3.8) is 0 Å². The molecule has 0 amide bonds. The molecule has 1 aliphatic carbocycles. The lowest BCUT2D eigenvalue weighted by atomic mass is 9.80. The van der Waals surface area contributed by atoms with E-state index in [-0.39, 0.29) is 0 Å². The van der Waals surface area contributed by atoms with Crippen LogP contribution >= 0.6 is 0 Å². The first-order valence-corrected chi connectivity index (χ1v) is 7.87. The highest BCUT2D eigenvalue weighted by atomic mass is 16.5. The zero-order valence-electron chi connectivity index (χ0n) is 12.8. The summed E-state index contributed by atoms with van der Waals surface area (Å²) in [6.07, 6.45) is 6.17. The molecule has 0 atom stereocenters. The lowest BCUT2D eigenvalue weighted by Gasteiger charge is -2.25. The molecule has 2 aromatic rings. The van der Waals surface area contributed by atoms with Crippen molar-refractivity contribution in [3.8, 4) is 11.5 Å². The van der Waals surface area contributed by atoms with Gasteiger partial charge in [0.25, 0.3) is 5.89 Å². The first kappa shape index (κ1) is 14.1. The molecule has 21 heavy (non-hydrogen) atoms. The van der Waals surface area contributed by atoms with Crippen LogP contribution in [0.1, 0.15) is 56.3 Å². The lowest BCUT2D eigenvalue weighted by molar-refractivity contribution is 0.305. The normalized spacial score (nSPS) is 22.4. The Morgan fingerprint density at radius 3 is 2.71 bits per heavy atom. The number of anilines is 1. The molecule has 0 unspecified atom stereocenters. The predicted octanol–water partition coefficient (Wildman–Crippen LogP) is 4.31. The van der Waals surface area contributed by atoms with E-state index in [1.165, 1.54) is 32.1 Å². The smallest absolute Gasteiger partial charge is 0.260 e. The zero-order chi connectivity index (χ0) is 14.8. The molecule has 1 aromatic carbocycles. The Morgan fingerprint density at radius 2 is 2.00 bits per heavy atom. The van der Waals surface area contributed by atoms with Crippen molar-refractivity contribution in [3.05, 3.63) is 29.6 Å². The summed E-state index contributed by atoms with van der Waals surface area (Å²) >= 11 is 0. The number of aryl methyl sites for hydroxylation is 1. The van der Waals surface area contributed by atoms with Gasteiger partial charge in [-0.05, 0) is 50.7 Å². The van der Waals surface area contributed by atoms with Gasteiger partial charge >= 0.3 is 0 Å². The molecule has 1 heterocycles. The van der Waals surface area contributed by atoms with E-state index in [1.807, 2.05) is 25.1 Å². The molecule has 0 aliphatic heterocycles. The third-order valence-electron chi connectivity index (χ3n) is 4.67. The van der Waals surface area contributed by atoms with Crippen LogP contribution in [0.5, 0.6) is 0 Å². The minimum atomic E-state index is 0.441. The van der Waals surface area contributed by atoms with E-state index in [1.54, 1.807) is 0 Å². The van der Waals surface area contributed by atoms with Gasteiger partial charge in [0.05, 0.1) is 5.56 Å². The van der Waals surface area contributed by atoms with Gasteiger partial charge in [0.1, 0.15) is 0 Å². The van der Waals surface area contributed by atoms with E-state index >= 15 is 0 Å². The first-order valence-electron chi connectivity index (χ1n) is 7.87. The molecule has 0 bridgehead atoms. The van der Waals surface area contributed by atoms with Gasteiger partial charge in [-0.1, -0.05) is 30.1 Å². The summed E-state index contributed by atoms with van der Waals surface area (Å²) < 4.78 is 5.45. The molecular weight excluding hydrogens is 262 g/mol. The van der Waals surface area contributed by atoms with Crippen molar-refractivity contribution in [1.82, 2.24) is 10.1 Å². The summed E-state index contributed by atoms with van der Waals surface area (Å²) in [7, 11) is 0. The van der Waals surface area contributed by atoms with Crippen molar-refractivity contribution in [2.24, 2.45) is 5.92 Å². The highest BCUT2D eigenvalue weighted by molar-refractivity contribution is 5.71. The van der Waals surface area contributed by atoms with Crippen LogP contribution in [0.15, 0.2) is 22.7 Å². The Kier molecular flexibility index (Phi) is 3.95. The van der Waals surface area contributed by atoms with Crippen molar-refractivity contribution >= 4 is 5.69 Å². The second-order valence-corrected chi connectivity index (χ2v) is 6.17. The van der Waals surface area contributed by atoms with Crippen molar-refractivity contribution < 1.29 is 4.52 Å². The highest BCUT2D eigenvalue weighted by Gasteiger charge is 2.25. The molecule has 0 radical (unpaired) electrons. The number of hydrogen-bond acceptors (Lipinski definition) is 4. The highest BCUT2D eigenvalue weighted by Crippen LogP contribution is 2.36. The minimum absolute atomic E-state index is 0.441. The van der Waals surface area contributed by atoms with Crippen LogP contribution in [-0.4, -0.2) is 10.1 Å². The molecule has 4 nitrogen and oxygen atoms in total. The molecular formula is C17H23N3O. The van der Waals surface area contributed by atoms with Crippen LogP contribution in [0.3, 0.4) is 0 Å². The maximum absolute atomic E-state index is 6.02. The predicted molar refractivity (Wildman–Crippen MR) is 83.9 cm³/mol. The third kappa shape index (κ3) is 2.94. The molecule has 1 fully saturated rings. The fraction of sp³-hybridized carbons (Fsp3) is 0.529. The fourth-order valence-electron chi connectivity index (χ4n) is 3.19. The summed E-state index contributed by atoms with van der Waals surface area (Å²) in [5.74, 6) is 2.71. The summed E-state index contributed by atoms with van der Waals surface area (Å²) in [6.45, 7) is 4.31. The Balaban J connectivity index is 1.79. The quantitative estimate of drug-likeness (QED) is 0.853. The van der Waals surface area contributed by atoms with Gasteiger partial charge in [-0.15, -0.1) is 0 Å². The van der Waals surface area contributed by atoms with E-state index in [9.17, 15) is 0 Å². The molecule has 1 saturated carbocycles. The number of benzene rings is 1. The van der Waals surface area contributed by atoms with E-state index in [2.05, 4.69) is 17.1 Å². The number of nitrogens with zero attached hydrogens (tertiary/aromatic N) is 2. The van der Waals surface area contributed by atoms with E-state index in [0.29, 0.717) is 17.5 Å². The topological polar surface area (TPSA) is 64.9 Å². The molecule has 4 heteroatoms. The van der Waals surface area contributed by atoms with Crippen LogP contribution in [0.25, 0.3) is 11.5 Å². The second kappa shape index (κ2) is 5.88. The molecule has 2 N–H and O–H groups in total. The van der Waals surface area contributed by atoms with Crippen molar-refractivity contribution in [2.45, 2.75) is 51.9 Å². The Hall–Kier alpha value is -1.84. The molecule has 3 rings (SSSR count). The second-order valence-electron chi connectivity index (χ2n) is 6.17. The van der Waals surface area contributed by atoms with Gasteiger partial charge < -0.3 is 10.3 Å². The lowest BCUT2D eigenvalue weighted by Crippen LogP contribution is -2.13. The van der Waals surface area contributed by atoms with Crippen molar-refractivity contribution in [1.29, 1.82) is 0 Å². The van der Waals surface area contributed by atoms with Gasteiger partial charge in [-0.2, -0.15) is 4.98 Å². The van der Waals surface area contributed by atoms with E-state index in [0.717, 1.165) is 22.9 Å². The van der Waals surface area contributed by atoms with Gasteiger partial charge in [0.2, 0.25) is 0 Å². The SMILES string of the molecule is CCC1CCC(c2noc(-c3cc(C)ccc3N)n2)CC1. The van der Waals surface area contributed by atoms with E-state index in [4.69, 9.17) is 10.3 Å². The first-order chi connectivity index (χ1) is 10.2. The molecule has 112 valence electrons. The summed E-state index contributed by atoms with van der Waals surface area (Å²) in [4.78, 5) is 4.60. The third-order valence-corrected chi connectivity index (χ3v) is 4.67. The number of rotatable bonds is 3. The molecule has 0 spiro atoms. The summed E-state index contributed by atoms with van der Waals surface area (Å²) in [5, 5.41) is 4.20. The van der Waals surface area contributed by atoms with Crippen LogP contribution < -0.4 is 5.73 Å². The number of nitrogens with two attached hydrogens (primary N) is 1. The maximum atomic E-state index is 6.02. The Labute approximate surface area is 125 Å². The Morgan fingerprint density at radius 1 is 1.24 bits per heavy atom. The number of nitrogen functional groups attached to an aromatic ring is 1. The van der Waals surface area contributed by atoms with Gasteiger partial charge in [-0.25, -0.2) is 0 Å². The maximum Gasteiger partial charge on any atom is 0.260 e.